The van der Waals surface area contributed by atoms with Gasteiger partial charge in [-0.3, -0.25) is 14.4 Å². The van der Waals surface area contributed by atoms with E-state index in [2.05, 4.69) is 20.3 Å². The number of nitrogens with two attached hydrogens (primary N) is 1. The van der Waals surface area contributed by atoms with Gasteiger partial charge in [0.15, 0.2) is 10.3 Å². The highest BCUT2D eigenvalue weighted by molar-refractivity contribution is 7.14. The molecule has 2 aromatic carbocycles. The van der Waals surface area contributed by atoms with Crippen LogP contribution in [0.15, 0.2) is 78.0 Å². The fraction of sp³-hybridized carbons (Fsp3) is 0.343. The molecule has 0 spiro atoms. The van der Waals surface area contributed by atoms with Gasteiger partial charge in [0.1, 0.15) is 17.8 Å². The standard InChI is InChI=1S/C16H21N3O2S.C10H12N4OS.C9H13NO/c1-4-13-11-22-16(18-13)19(2)15(20)17-10-9-12-7-5-6-8-14(12)21-3;1-3-8-6-16-9(12-8)13(2)10(15)14-5-4-11-7-14;1-11-9-5-3-2-4-8(9)6-7-10/h5-8,11H,4,9-10H2,1-3H3,(H,17,20);4-7H,3H2,1-2H3;2-5H,6-7,10H2,1H3. The molecule has 12 nitrogen and oxygen atoms in total. The van der Waals surface area contributed by atoms with Gasteiger partial charge in [-0.25, -0.2) is 24.5 Å². The van der Waals surface area contributed by atoms with Gasteiger partial charge in [0.25, 0.3) is 0 Å². The number of amides is 3. The number of anilines is 2. The molecule has 0 fully saturated rings. The normalized spacial score (nSPS) is 10.2. The van der Waals surface area contributed by atoms with Crippen LogP contribution in [0, 0.1) is 0 Å². The molecule has 3 N–H and O–H groups in total. The summed E-state index contributed by atoms with van der Waals surface area (Å²) in [5.41, 5.74) is 9.70. The number of thiazole rings is 2. The molecule has 0 unspecified atom stereocenters. The lowest BCUT2D eigenvalue weighted by atomic mass is 10.1. The molecule has 0 atom stereocenters. The highest BCUT2D eigenvalue weighted by Gasteiger charge is 2.16. The van der Waals surface area contributed by atoms with Crippen LogP contribution in [0.25, 0.3) is 0 Å². The van der Waals surface area contributed by atoms with Crippen LogP contribution in [0.5, 0.6) is 11.5 Å². The predicted octanol–water partition coefficient (Wildman–Crippen LogP) is 6.31. The first-order chi connectivity index (χ1) is 23.8. The van der Waals surface area contributed by atoms with E-state index < -0.39 is 0 Å². The summed E-state index contributed by atoms with van der Waals surface area (Å²) in [4.78, 5) is 39.7. The Hall–Kier alpha value is -4.79. The molecule has 5 rings (SSSR count). The number of aryl methyl sites for hydroxylation is 2. The Kier molecular flexibility index (Phi) is 16.2. The molecule has 3 amide bonds. The number of hydrogen-bond acceptors (Lipinski definition) is 10. The third-order valence-corrected chi connectivity index (χ3v) is 9.10. The number of methoxy groups -OCH3 is 2. The van der Waals surface area contributed by atoms with E-state index in [1.807, 2.05) is 73.1 Å². The maximum absolute atomic E-state index is 12.1. The van der Waals surface area contributed by atoms with Crippen molar-refractivity contribution in [2.45, 2.75) is 39.5 Å². The number of nitrogens with zero attached hydrogens (tertiary/aromatic N) is 6. The van der Waals surface area contributed by atoms with Gasteiger partial charge >= 0.3 is 12.1 Å². The van der Waals surface area contributed by atoms with Crippen LogP contribution < -0.4 is 30.3 Å². The lowest BCUT2D eigenvalue weighted by molar-refractivity contribution is 0.247. The Bertz CT molecular complexity index is 1710. The van der Waals surface area contributed by atoms with Gasteiger partial charge in [-0.05, 0) is 55.5 Å². The zero-order valence-corrected chi connectivity index (χ0v) is 30.6. The quantitative estimate of drug-likeness (QED) is 0.163. The third-order valence-electron chi connectivity index (χ3n) is 7.16. The molecule has 0 aliphatic heterocycles. The number of carbonyl (C=O) groups is 2. The Balaban J connectivity index is 0.000000211. The van der Waals surface area contributed by atoms with E-state index in [4.69, 9.17) is 15.2 Å². The second-order valence-electron chi connectivity index (χ2n) is 10.5. The molecule has 0 bridgehead atoms. The van der Waals surface area contributed by atoms with Gasteiger partial charge < -0.3 is 20.5 Å². The molecule has 262 valence electrons. The van der Waals surface area contributed by atoms with Gasteiger partial charge in [0, 0.05) is 43.8 Å². The number of aromatic nitrogens is 4. The minimum Gasteiger partial charge on any atom is -0.496 e. The molecule has 0 aliphatic rings. The highest BCUT2D eigenvalue weighted by Crippen LogP contribution is 2.21. The summed E-state index contributed by atoms with van der Waals surface area (Å²) in [6.07, 6.45) is 8.03. The highest BCUT2D eigenvalue weighted by atomic mass is 32.1. The van der Waals surface area contributed by atoms with E-state index >= 15 is 0 Å². The zero-order valence-electron chi connectivity index (χ0n) is 29.0. The molecular formula is C35H46N8O4S2. The van der Waals surface area contributed by atoms with Crippen LogP contribution in [0.3, 0.4) is 0 Å². The number of urea groups is 1. The second kappa shape index (κ2) is 20.5. The fourth-order valence-corrected chi connectivity index (χ4v) is 6.08. The SMILES string of the molecule is CCc1csc(N(C)C(=O)NCCc2ccccc2OC)n1.CCc1csc(N(C)C(=O)n2ccnc2)n1.COc1ccccc1CCN. The number of nitrogens with one attached hydrogen (secondary N) is 1. The summed E-state index contributed by atoms with van der Waals surface area (Å²) < 4.78 is 11.9. The Morgan fingerprint density at radius 1 is 0.837 bits per heavy atom. The van der Waals surface area contributed by atoms with Crippen molar-refractivity contribution in [3.63, 3.8) is 0 Å². The largest absolute Gasteiger partial charge is 0.496 e. The first-order valence-electron chi connectivity index (χ1n) is 15.9. The molecular weight excluding hydrogens is 661 g/mol. The third kappa shape index (κ3) is 11.7. The minimum absolute atomic E-state index is 0.146. The maximum atomic E-state index is 12.1. The van der Waals surface area contributed by atoms with Crippen molar-refractivity contribution in [1.82, 2.24) is 24.8 Å². The first kappa shape index (κ1) is 38.7. The monoisotopic (exact) mass is 706 g/mol. The molecule has 0 saturated carbocycles. The summed E-state index contributed by atoms with van der Waals surface area (Å²) in [5, 5.41) is 8.27. The lowest BCUT2D eigenvalue weighted by Gasteiger charge is -2.15. The van der Waals surface area contributed by atoms with E-state index in [1.54, 1.807) is 45.6 Å². The second-order valence-corrected chi connectivity index (χ2v) is 12.1. The molecule has 0 aliphatic carbocycles. The molecule has 0 radical (unpaired) electrons. The topological polar surface area (TPSA) is 141 Å². The van der Waals surface area contributed by atoms with E-state index in [0.717, 1.165) is 54.1 Å². The average molecular weight is 707 g/mol. The van der Waals surface area contributed by atoms with Crippen molar-refractivity contribution in [3.8, 4) is 11.5 Å². The van der Waals surface area contributed by atoms with Crippen LogP contribution >= 0.6 is 22.7 Å². The van der Waals surface area contributed by atoms with Crippen molar-refractivity contribution >= 4 is 45.0 Å². The Morgan fingerprint density at radius 2 is 1.37 bits per heavy atom. The number of benzene rings is 2. The van der Waals surface area contributed by atoms with Gasteiger partial charge in [0.05, 0.1) is 25.6 Å². The Labute approximate surface area is 296 Å². The number of para-hydroxylation sites is 2. The van der Waals surface area contributed by atoms with Crippen molar-refractivity contribution in [2.24, 2.45) is 5.73 Å². The molecule has 0 saturated heterocycles. The maximum Gasteiger partial charge on any atom is 0.335 e. The van der Waals surface area contributed by atoms with Gasteiger partial charge in [-0.15, -0.1) is 22.7 Å². The van der Waals surface area contributed by atoms with Crippen LogP contribution in [0.2, 0.25) is 0 Å². The average Bonchev–Trinajstić information content (AvgIpc) is 3.95. The fourth-order valence-electron chi connectivity index (χ4n) is 4.34. The van der Waals surface area contributed by atoms with Crippen LogP contribution in [0.1, 0.15) is 36.4 Å². The Morgan fingerprint density at radius 3 is 1.84 bits per heavy atom. The van der Waals surface area contributed by atoms with Crippen molar-refractivity contribution in [3.05, 3.63) is 101 Å². The van der Waals surface area contributed by atoms with Crippen LogP contribution in [-0.2, 0) is 25.7 Å². The number of hydrogen-bond donors (Lipinski definition) is 2. The number of imidazole rings is 1. The zero-order chi connectivity index (χ0) is 35.6. The molecule has 3 heterocycles. The van der Waals surface area contributed by atoms with Crippen LogP contribution in [-0.4, -0.2) is 73.0 Å². The van der Waals surface area contributed by atoms with E-state index in [1.165, 1.54) is 44.0 Å². The van der Waals surface area contributed by atoms with Crippen LogP contribution in [0.4, 0.5) is 19.9 Å². The van der Waals surface area contributed by atoms with Gasteiger partial charge in [-0.1, -0.05) is 50.2 Å². The number of ether oxygens (including phenoxy) is 2. The summed E-state index contributed by atoms with van der Waals surface area (Å²) in [6.45, 7) is 5.30. The minimum atomic E-state index is -0.158. The van der Waals surface area contributed by atoms with E-state index in [9.17, 15) is 9.59 Å². The molecule has 3 aromatic heterocycles. The van der Waals surface area contributed by atoms with Crippen molar-refractivity contribution in [2.75, 3.05) is 51.2 Å². The molecule has 14 heteroatoms. The molecule has 5 aromatic rings. The number of rotatable bonds is 11. The van der Waals surface area contributed by atoms with Crippen molar-refractivity contribution < 1.29 is 19.1 Å². The predicted molar refractivity (Wildman–Crippen MR) is 199 cm³/mol. The van der Waals surface area contributed by atoms with E-state index in [0.29, 0.717) is 23.4 Å². The first-order valence-corrected chi connectivity index (χ1v) is 17.6. The van der Waals surface area contributed by atoms with Gasteiger partial charge in [-0.2, -0.15) is 0 Å². The summed E-state index contributed by atoms with van der Waals surface area (Å²) in [7, 11) is 6.77. The molecule has 49 heavy (non-hydrogen) atoms. The summed E-state index contributed by atoms with van der Waals surface area (Å²) in [5.74, 6) is 1.77. The summed E-state index contributed by atoms with van der Waals surface area (Å²) >= 11 is 2.95. The smallest absolute Gasteiger partial charge is 0.335 e. The van der Waals surface area contributed by atoms with Crippen molar-refractivity contribution in [1.29, 1.82) is 0 Å². The lowest BCUT2D eigenvalue weighted by Crippen LogP contribution is -2.38. The number of carbonyl (C=O) groups excluding carboxylic acids is 2. The summed E-state index contributed by atoms with van der Waals surface area (Å²) in [6, 6.07) is 15.5. The van der Waals surface area contributed by atoms with E-state index in [-0.39, 0.29) is 12.1 Å². The van der Waals surface area contributed by atoms with Gasteiger partial charge in [0.2, 0.25) is 0 Å².